The normalized spacial score (nSPS) is 15.9. The number of benzene rings is 2. The first-order chi connectivity index (χ1) is 12.2. The van der Waals surface area contributed by atoms with Crippen LogP contribution in [0.3, 0.4) is 0 Å². The van der Waals surface area contributed by atoms with Gasteiger partial charge in [0.05, 0.1) is 11.9 Å². The second-order valence-electron chi connectivity index (χ2n) is 6.69. The number of aromatic amines is 1. The van der Waals surface area contributed by atoms with Crippen molar-refractivity contribution in [1.82, 2.24) is 10.2 Å². The zero-order chi connectivity index (χ0) is 17.0. The molecule has 2 heterocycles. The molecule has 2 aliphatic rings. The van der Waals surface area contributed by atoms with E-state index in [2.05, 4.69) is 20.8 Å². The molecule has 3 aromatic rings. The molecule has 2 amide bonds. The number of carbonyl (C=O) groups is 2. The van der Waals surface area contributed by atoms with Crippen molar-refractivity contribution in [2.45, 2.75) is 19.3 Å². The van der Waals surface area contributed by atoms with E-state index >= 15 is 0 Å². The molecule has 5 rings (SSSR count). The van der Waals surface area contributed by atoms with Gasteiger partial charge in [0.2, 0.25) is 11.8 Å². The molecule has 1 aliphatic carbocycles. The van der Waals surface area contributed by atoms with Gasteiger partial charge in [0.15, 0.2) is 5.82 Å². The van der Waals surface area contributed by atoms with E-state index in [0.717, 1.165) is 46.1 Å². The quantitative estimate of drug-likeness (QED) is 0.689. The molecule has 0 unspecified atom stereocenters. The Morgan fingerprint density at radius 1 is 1.12 bits per heavy atom. The van der Waals surface area contributed by atoms with Crippen LogP contribution in [0.15, 0.2) is 36.4 Å². The van der Waals surface area contributed by atoms with Crippen LogP contribution in [-0.4, -0.2) is 22.0 Å². The second kappa shape index (κ2) is 5.17. The Hall–Kier alpha value is -3.15. The van der Waals surface area contributed by atoms with Gasteiger partial charge in [-0.1, -0.05) is 12.1 Å². The van der Waals surface area contributed by atoms with Gasteiger partial charge in [-0.05, 0) is 53.8 Å². The van der Waals surface area contributed by atoms with Crippen LogP contribution >= 0.6 is 0 Å². The molecule has 0 atom stereocenters. The monoisotopic (exact) mass is 332 g/mol. The Balaban J connectivity index is 1.48. The third-order valence-corrected chi connectivity index (χ3v) is 4.82. The summed E-state index contributed by atoms with van der Waals surface area (Å²) < 4.78 is 0. The van der Waals surface area contributed by atoms with Crippen LogP contribution in [0.25, 0.3) is 22.0 Å². The molecule has 1 aromatic heterocycles. The topological polar surface area (TPSA) is 86.9 Å². The second-order valence-corrected chi connectivity index (χ2v) is 6.69. The molecule has 25 heavy (non-hydrogen) atoms. The maximum atomic E-state index is 11.9. The molecule has 124 valence electrons. The molecular weight excluding hydrogens is 316 g/mol. The predicted octanol–water partition coefficient (Wildman–Crippen LogP) is 3.07. The van der Waals surface area contributed by atoms with Gasteiger partial charge >= 0.3 is 0 Å². The van der Waals surface area contributed by atoms with Gasteiger partial charge in [-0.25, -0.2) is 0 Å². The van der Waals surface area contributed by atoms with Gasteiger partial charge in [0, 0.05) is 17.0 Å². The van der Waals surface area contributed by atoms with E-state index < -0.39 is 0 Å². The lowest BCUT2D eigenvalue weighted by molar-refractivity contribution is -0.117. The molecule has 0 radical (unpaired) electrons. The highest BCUT2D eigenvalue weighted by atomic mass is 16.2. The van der Waals surface area contributed by atoms with Crippen LogP contribution < -0.4 is 10.6 Å². The third kappa shape index (κ3) is 2.46. The highest BCUT2D eigenvalue weighted by Gasteiger charge is 2.30. The molecule has 0 saturated heterocycles. The lowest BCUT2D eigenvalue weighted by Crippen LogP contribution is -2.13. The third-order valence-electron chi connectivity index (χ3n) is 4.82. The van der Waals surface area contributed by atoms with E-state index in [9.17, 15) is 9.59 Å². The highest BCUT2D eigenvalue weighted by molar-refractivity contribution is 6.02. The predicted molar refractivity (Wildman–Crippen MR) is 95.2 cm³/mol. The lowest BCUT2D eigenvalue weighted by Gasteiger charge is -2.05. The Morgan fingerprint density at radius 2 is 1.92 bits per heavy atom. The minimum atomic E-state index is 0.0345. The van der Waals surface area contributed by atoms with E-state index in [1.807, 2.05) is 36.4 Å². The molecule has 6 heteroatoms. The minimum absolute atomic E-state index is 0.0345. The summed E-state index contributed by atoms with van der Waals surface area (Å²) >= 11 is 0. The smallest absolute Gasteiger partial charge is 0.228 e. The van der Waals surface area contributed by atoms with E-state index in [1.165, 1.54) is 0 Å². The molecule has 1 saturated carbocycles. The number of nitrogens with one attached hydrogen (secondary N) is 3. The first-order valence-corrected chi connectivity index (χ1v) is 8.39. The summed E-state index contributed by atoms with van der Waals surface area (Å²) in [5.74, 6) is 0.816. The summed E-state index contributed by atoms with van der Waals surface area (Å²) in [6.45, 7) is 0. The molecule has 0 bridgehead atoms. The molecule has 3 N–H and O–H groups in total. The lowest BCUT2D eigenvalue weighted by atomic mass is 10.0. The number of carbonyl (C=O) groups excluding carboxylic acids is 2. The Kier molecular flexibility index (Phi) is 2.94. The van der Waals surface area contributed by atoms with Gasteiger partial charge in [0.25, 0.3) is 0 Å². The summed E-state index contributed by atoms with van der Waals surface area (Å²) in [7, 11) is 0. The fourth-order valence-electron chi connectivity index (χ4n) is 3.27. The van der Waals surface area contributed by atoms with Crippen LogP contribution in [0.5, 0.6) is 0 Å². The summed E-state index contributed by atoms with van der Waals surface area (Å²) in [5, 5.41) is 13.9. The maximum Gasteiger partial charge on any atom is 0.228 e. The largest absolute Gasteiger partial charge is 0.326 e. The van der Waals surface area contributed by atoms with Gasteiger partial charge in [-0.15, -0.1) is 0 Å². The van der Waals surface area contributed by atoms with Crippen LogP contribution in [-0.2, 0) is 16.0 Å². The number of rotatable bonds is 3. The number of anilines is 2. The van der Waals surface area contributed by atoms with Gasteiger partial charge in [-0.3, -0.25) is 14.7 Å². The van der Waals surface area contributed by atoms with Crippen molar-refractivity contribution in [3.05, 3.63) is 42.0 Å². The number of fused-ring (bicyclic) bond motifs is 2. The van der Waals surface area contributed by atoms with Gasteiger partial charge < -0.3 is 10.6 Å². The molecule has 1 fully saturated rings. The molecule has 2 aromatic carbocycles. The average molecular weight is 332 g/mol. The van der Waals surface area contributed by atoms with Crippen molar-refractivity contribution >= 4 is 34.2 Å². The number of hydrogen-bond donors (Lipinski definition) is 3. The summed E-state index contributed by atoms with van der Waals surface area (Å²) in [5.41, 5.74) is 4.87. The first-order valence-electron chi connectivity index (χ1n) is 8.39. The molecule has 6 nitrogen and oxygen atoms in total. The number of hydrogen-bond acceptors (Lipinski definition) is 3. The summed E-state index contributed by atoms with van der Waals surface area (Å²) in [6.07, 6.45) is 2.36. The fraction of sp³-hybridized carbons (Fsp3) is 0.211. The number of nitrogens with zero attached hydrogens (tertiary/aromatic N) is 1. The Bertz CT molecular complexity index is 1030. The van der Waals surface area contributed by atoms with Crippen LogP contribution in [0.1, 0.15) is 18.4 Å². The van der Waals surface area contributed by atoms with Crippen molar-refractivity contribution in [2.75, 3.05) is 10.6 Å². The fourth-order valence-corrected chi connectivity index (χ4v) is 3.27. The van der Waals surface area contributed by atoms with Crippen molar-refractivity contribution in [3.63, 3.8) is 0 Å². The average Bonchev–Trinajstić information content (AvgIpc) is 3.29. The minimum Gasteiger partial charge on any atom is -0.326 e. The van der Waals surface area contributed by atoms with Crippen molar-refractivity contribution in [1.29, 1.82) is 0 Å². The zero-order valence-electron chi connectivity index (χ0n) is 13.4. The molecule has 0 spiro atoms. The molecular formula is C19H16N4O2. The van der Waals surface area contributed by atoms with E-state index in [4.69, 9.17) is 0 Å². The van der Waals surface area contributed by atoms with Gasteiger partial charge in [-0.2, -0.15) is 5.10 Å². The van der Waals surface area contributed by atoms with E-state index in [-0.39, 0.29) is 17.7 Å². The molecule has 1 aliphatic heterocycles. The van der Waals surface area contributed by atoms with Crippen molar-refractivity contribution in [2.24, 2.45) is 5.92 Å². The van der Waals surface area contributed by atoms with Crippen LogP contribution in [0, 0.1) is 5.92 Å². The highest BCUT2D eigenvalue weighted by Crippen LogP contribution is 2.33. The first kappa shape index (κ1) is 14.2. The van der Waals surface area contributed by atoms with Crippen molar-refractivity contribution in [3.8, 4) is 11.1 Å². The number of H-pyrrole nitrogens is 1. The zero-order valence-corrected chi connectivity index (χ0v) is 13.4. The van der Waals surface area contributed by atoms with E-state index in [1.54, 1.807) is 0 Å². The van der Waals surface area contributed by atoms with Crippen molar-refractivity contribution < 1.29 is 9.59 Å². The standard InChI is InChI=1S/C19H16N4O2/c24-17-9-13-7-11(4-6-15(13)20-17)12-3-5-14-16(8-12)22-23-18(14)21-19(25)10-1-2-10/h3-8,10H,1-2,9H2,(H,20,24)(H2,21,22,23,25). The Morgan fingerprint density at radius 3 is 2.76 bits per heavy atom. The van der Waals surface area contributed by atoms with E-state index in [0.29, 0.717) is 12.2 Å². The maximum absolute atomic E-state index is 11.9. The Labute approximate surface area is 143 Å². The van der Waals surface area contributed by atoms with Gasteiger partial charge in [0.1, 0.15) is 0 Å². The van der Waals surface area contributed by atoms with Crippen LogP contribution in [0.2, 0.25) is 0 Å². The number of amides is 2. The summed E-state index contributed by atoms with van der Waals surface area (Å²) in [6, 6.07) is 12.0. The summed E-state index contributed by atoms with van der Waals surface area (Å²) in [4.78, 5) is 23.4. The SMILES string of the molecule is O=C1Cc2cc(-c3ccc4c(NC(=O)C5CC5)n[nH]c4c3)ccc2N1. The number of aromatic nitrogens is 2. The van der Waals surface area contributed by atoms with Crippen LogP contribution in [0.4, 0.5) is 11.5 Å².